The van der Waals surface area contributed by atoms with Crippen molar-refractivity contribution in [2.24, 2.45) is 5.73 Å². The van der Waals surface area contributed by atoms with E-state index >= 15 is 0 Å². The first-order valence-electron chi connectivity index (χ1n) is 8.22. The predicted molar refractivity (Wildman–Crippen MR) is 101 cm³/mol. The van der Waals surface area contributed by atoms with E-state index in [1.807, 2.05) is 37.4 Å². The van der Waals surface area contributed by atoms with Crippen LogP contribution in [0, 0.1) is 0 Å². The number of nitrogens with two attached hydrogens (primary N) is 1. The number of benzene rings is 2. The van der Waals surface area contributed by atoms with Crippen molar-refractivity contribution in [2.45, 2.75) is 6.04 Å². The average Bonchev–Trinajstić information content (AvgIpc) is 2.67. The van der Waals surface area contributed by atoms with Crippen LogP contribution in [-0.4, -0.2) is 36.6 Å². The first-order valence-corrected chi connectivity index (χ1v) is 8.22. The summed E-state index contributed by atoms with van der Waals surface area (Å²) < 4.78 is 5.30. The molecule has 26 heavy (non-hydrogen) atoms. The lowest BCUT2D eigenvalue weighted by Gasteiger charge is -2.20. The Morgan fingerprint density at radius 3 is 2.65 bits per heavy atom. The minimum absolute atomic E-state index is 0.0115. The molecule has 0 aliphatic heterocycles. The minimum Gasteiger partial charge on any atom is -0.497 e. The highest BCUT2D eigenvalue weighted by Crippen LogP contribution is 2.29. The zero-order valence-corrected chi connectivity index (χ0v) is 14.7. The fourth-order valence-corrected chi connectivity index (χ4v) is 2.87. The molecule has 7 heteroatoms. The molecule has 0 aliphatic rings. The maximum atomic E-state index is 11.8. The van der Waals surface area contributed by atoms with Crippen molar-refractivity contribution in [3.8, 4) is 5.75 Å². The standard InChI is InChI=1S/C19H21N5O2/c1-21-10-16(12-6-4-3-5-7-12)24-19-15-9-13(26-2)8-14(18(20)25)17(15)22-11-23-19/h3-9,11,16,21H,10H2,1-2H3,(H2,20,25)(H,22,23,24)/t16-/m1/s1. The Bertz CT molecular complexity index is 914. The van der Waals surface area contributed by atoms with Gasteiger partial charge in [0.2, 0.25) is 0 Å². The van der Waals surface area contributed by atoms with Gasteiger partial charge in [0, 0.05) is 11.9 Å². The van der Waals surface area contributed by atoms with Gasteiger partial charge in [-0.1, -0.05) is 30.3 Å². The van der Waals surface area contributed by atoms with Gasteiger partial charge in [-0.15, -0.1) is 0 Å². The van der Waals surface area contributed by atoms with E-state index in [-0.39, 0.29) is 6.04 Å². The molecule has 3 rings (SSSR count). The second-order valence-corrected chi connectivity index (χ2v) is 5.82. The number of methoxy groups -OCH3 is 1. The van der Waals surface area contributed by atoms with Gasteiger partial charge >= 0.3 is 0 Å². The third-order valence-corrected chi connectivity index (χ3v) is 4.13. The van der Waals surface area contributed by atoms with E-state index in [2.05, 4.69) is 20.6 Å². The number of carbonyl (C=O) groups is 1. The summed E-state index contributed by atoms with van der Waals surface area (Å²) in [5.41, 5.74) is 7.42. The van der Waals surface area contributed by atoms with E-state index in [0.29, 0.717) is 34.6 Å². The molecule has 0 fully saturated rings. The van der Waals surface area contributed by atoms with Crippen LogP contribution < -0.4 is 21.1 Å². The van der Waals surface area contributed by atoms with E-state index in [4.69, 9.17) is 10.5 Å². The van der Waals surface area contributed by atoms with Crippen LogP contribution >= 0.6 is 0 Å². The molecule has 0 unspecified atom stereocenters. The van der Waals surface area contributed by atoms with Crippen molar-refractivity contribution in [2.75, 3.05) is 26.0 Å². The van der Waals surface area contributed by atoms with Crippen molar-refractivity contribution in [3.63, 3.8) is 0 Å². The summed E-state index contributed by atoms with van der Waals surface area (Å²) in [6, 6.07) is 13.4. The molecule has 7 nitrogen and oxygen atoms in total. The number of primary amides is 1. The van der Waals surface area contributed by atoms with Crippen molar-refractivity contribution >= 4 is 22.6 Å². The highest BCUT2D eigenvalue weighted by atomic mass is 16.5. The SMILES string of the molecule is CNC[C@@H](Nc1ncnc2c(C(N)=O)cc(OC)cc12)c1ccccc1. The monoisotopic (exact) mass is 351 g/mol. The molecule has 1 amide bonds. The molecule has 0 bridgehead atoms. The molecule has 2 aromatic carbocycles. The zero-order chi connectivity index (χ0) is 18.5. The van der Waals surface area contributed by atoms with Crippen LogP contribution in [0.3, 0.4) is 0 Å². The fourth-order valence-electron chi connectivity index (χ4n) is 2.87. The lowest BCUT2D eigenvalue weighted by molar-refractivity contribution is 0.100. The molecule has 0 aliphatic carbocycles. The van der Waals surface area contributed by atoms with Crippen molar-refractivity contribution < 1.29 is 9.53 Å². The van der Waals surface area contributed by atoms with Crippen LogP contribution in [0.15, 0.2) is 48.8 Å². The highest BCUT2D eigenvalue weighted by molar-refractivity contribution is 6.07. The second-order valence-electron chi connectivity index (χ2n) is 5.82. The number of likely N-dealkylation sites (N-methyl/N-ethyl adjacent to an activating group) is 1. The van der Waals surface area contributed by atoms with Crippen LogP contribution in [0.5, 0.6) is 5.75 Å². The number of carbonyl (C=O) groups excluding carboxylic acids is 1. The Morgan fingerprint density at radius 2 is 2.00 bits per heavy atom. The van der Waals surface area contributed by atoms with Crippen LogP contribution in [-0.2, 0) is 0 Å². The predicted octanol–water partition coefficient (Wildman–Crippen LogP) is 2.11. The Labute approximate surface area is 151 Å². The van der Waals surface area contributed by atoms with Gasteiger partial charge in [-0.2, -0.15) is 0 Å². The van der Waals surface area contributed by atoms with Gasteiger partial charge in [0.25, 0.3) is 5.91 Å². The molecule has 0 saturated heterocycles. The number of nitrogens with zero attached hydrogens (tertiary/aromatic N) is 2. The van der Waals surface area contributed by atoms with Gasteiger partial charge in [-0.05, 0) is 24.7 Å². The number of amides is 1. The van der Waals surface area contributed by atoms with Crippen LogP contribution in [0.1, 0.15) is 22.0 Å². The van der Waals surface area contributed by atoms with Gasteiger partial charge in [-0.3, -0.25) is 4.79 Å². The smallest absolute Gasteiger partial charge is 0.251 e. The molecule has 1 heterocycles. The summed E-state index contributed by atoms with van der Waals surface area (Å²) >= 11 is 0. The Hall–Kier alpha value is -3.19. The second kappa shape index (κ2) is 7.79. The minimum atomic E-state index is -0.562. The van der Waals surface area contributed by atoms with E-state index in [0.717, 1.165) is 5.56 Å². The topological polar surface area (TPSA) is 102 Å². The Kier molecular flexibility index (Phi) is 5.28. The summed E-state index contributed by atoms with van der Waals surface area (Å²) in [4.78, 5) is 20.4. The fraction of sp³-hybridized carbons (Fsp3) is 0.211. The molecule has 0 radical (unpaired) electrons. The molecular formula is C19H21N5O2. The van der Waals surface area contributed by atoms with Gasteiger partial charge in [-0.25, -0.2) is 9.97 Å². The van der Waals surface area contributed by atoms with Crippen molar-refractivity contribution in [1.82, 2.24) is 15.3 Å². The third-order valence-electron chi connectivity index (χ3n) is 4.13. The number of hydrogen-bond acceptors (Lipinski definition) is 6. The van der Waals surface area contributed by atoms with Crippen LogP contribution in [0.2, 0.25) is 0 Å². The van der Waals surface area contributed by atoms with E-state index in [1.165, 1.54) is 13.4 Å². The Balaban J connectivity index is 2.09. The molecule has 4 N–H and O–H groups in total. The van der Waals surface area contributed by atoms with E-state index in [9.17, 15) is 4.79 Å². The van der Waals surface area contributed by atoms with Crippen LogP contribution in [0.4, 0.5) is 5.82 Å². The summed E-state index contributed by atoms with van der Waals surface area (Å²) in [5.74, 6) is 0.572. The summed E-state index contributed by atoms with van der Waals surface area (Å²) in [7, 11) is 3.43. The quantitative estimate of drug-likeness (QED) is 0.602. The van der Waals surface area contributed by atoms with Crippen molar-refractivity contribution in [3.05, 3.63) is 59.9 Å². The maximum absolute atomic E-state index is 11.8. The number of fused-ring (bicyclic) bond motifs is 1. The van der Waals surface area contributed by atoms with Gasteiger partial charge < -0.3 is 21.1 Å². The molecular weight excluding hydrogens is 330 g/mol. The number of ether oxygens (including phenoxy) is 1. The molecule has 1 atom stereocenters. The van der Waals surface area contributed by atoms with Gasteiger partial charge in [0.15, 0.2) is 0 Å². The summed E-state index contributed by atoms with van der Waals surface area (Å²) in [5, 5.41) is 7.30. The first kappa shape index (κ1) is 17.6. The summed E-state index contributed by atoms with van der Waals surface area (Å²) in [6.07, 6.45) is 1.42. The molecule has 1 aromatic heterocycles. The number of nitrogens with one attached hydrogen (secondary N) is 2. The number of aromatic nitrogens is 2. The third kappa shape index (κ3) is 3.57. The van der Waals surface area contributed by atoms with Gasteiger partial charge in [0.1, 0.15) is 17.9 Å². The number of hydrogen-bond donors (Lipinski definition) is 3. The largest absolute Gasteiger partial charge is 0.497 e. The highest BCUT2D eigenvalue weighted by Gasteiger charge is 2.17. The average molecular weight is 351 g/mol. The molecule has 3 aromatic rings. The lowest BCUT2D eigenvalue weighted by Crippen LogP contribution is -2.24. The van der Waals surface area contributed by atoms with E-state index < -0.39 is 5.91 Å². The molecule has 134 valence electrons. The zero-order valence-electron chi connectivity index (χ0n) is 14.7. The summed E-state index contributed by atoms with van der Waals surface area (Å²) in [6.45, 7) is 0.697. The van der Waals surface area contributed by atoms with Crippen LogP contribution in [0.25, 0.3) is 10.9 Å². The first-order chi connectivity index (χ1) is 12.6. The molecule has 0 saturated carbocycles. The van der Waals surface area contributed by atoms with E-state index in [1.54, 1.807) is 12.1 Å². The van der Waals surface area contributed by atoms with Crippen molar-refractivity contribution in [1.29, 1.82) is 0 Å². The molecule has 0 spiro atoms. The lowest BCUT2D eigenvalue weighted by atomic mass is 10.1. The normalized spacial score (nSPS) is 11.9. The maximum Gasteiger partial charge on any atom is 0.251 e. The van der Waals surface area contributed by atoms with Gasteiger partial charge in [0.05, 0.1) is 24.2 Å². The number of anilines is 1. The number of rotatable bonds is 7. The Morgan fingerprint density at radius 1 is 1.23 bits per heavy atom.